The van der Waals surface area contributed by atoms with Crippen LogP contribution in [-0.4, -0.2) is 30.1 Å². The van der Waals surface area contributed by atoms with Gasteiger partial charge in [-0.1, -0.05) is 35.9 Å². The number of aromatic hydroxyl groups is 1. The monoisotopic (exact) mass is 347 g/mol. The predicted molar refractivity (Wildman–Crippen MR) is 91.3 cm³/mol. The average molecular weight is 348 g/mol. The van der Waals surface area contributed by atoms with Crippen molar-refractivity contribution in [2.24, 2.45) is 0 Å². The van der Waals surface area contributed by atoms with Gasteiger partial charge in [0.15, 0.2) is 6.61 Å². The number of esters is 1. The Balaban J connectivity index is 1.75. The smallest absolute Gasteiger partial charge is 0.342 e. The lowest BCUT2D eigenvalue weighted by molar-refractivity contribution is -0.124. The molecule has 2 aromatic rings. The number of nitrogens with one attached hydrogen (secondary N) is 1. The van der Waals surface area contributed by atoms with Crippen molar-refractivity contribution in [3.63, 3.8) is 0 Å². The molecule has 126 valence electrons. The summed E-state index contributed by atoms with van der Waals surface area (Å²) in [5, 5.41) is 13.1. The largest absolute Gasteiger partial charge is 0.507 e. The summed E-state index contributed by atoms with van der Waals surface area (Å²) < 4.78 is 4.92. The van der Waals surface area contributed by atoms with Crippen molar-refractivity contribution in [1.29, 1.82) is 0 Å². The number of carbonyl (C=O) groups excluding carboxylic acids is 2. The van der Waals surface area contributed by atoms with Crippen LogP contribution in [-0.2, 0) is 16.0 Å². The van der Waals surface area contributed by atoms with Crippen LogP contribution < -0.4 is 5.32 Å². The first-order valence-corrected chi connectivity index (χ1v) is 7.82. The van der Waals surface area contributed by atoms with E-state index in [9.17, 15) is 14.7 Å². The second-order valence-corrected chi connectivity index (χ2v) is 5.71. The van der Waals surface area contributed by atoms with E-state index in [1.54, 1.807) is 31.2 Å². The Morgan fingerprint density at radius 3 is 2.58 bits per heavy atom. The van der Waals surface area contributed by atoms with Crippen molar-refractivity contribution in [3.05, 3.63) is 64.2 Å². The van der Waals surface area contributed by atoms with Crippen molar-refractivity contribution in [2.45, 2.75) is 13.3 Å². The zero-order valence-electron chi connectivity index (χ0n) is 13.2. The van der Waals surface area contributed by atoms with Crippen LogP contribution in [0.1, 0.15) is 21.5 Å². The first-order chi connectivity index (χ1) is 11.5. The molecule has 0 radical (unpaired) electrons. The van der Waals surface area contributed by atoms with Crippen molar-refractivity contribution in [1.82, 2.24) is 5.32 Å². The molecule has 0 fully saturated rings. The van der Waals surface area contributed by atoms with Crippen molar-refractivity contribution >= 4 is 23.5 Å². The summed E-state index contributed by atoms with van der Waals surface area (Å²) >= 11 is 5.80. The molecule has 0 spiro atoms. The van der Waals surface area contributed by atoms with Gasteiger partial charge in [0.25, 0.3) is 5.91 Å². The Morgan fingerprint density at radius 1 is 1.17 bits per heavy atom. The second-order valence-electron chi connectivity index (χ2n) is 5.27. The van der Waals surface area contributed by atoms with Crippen LogP contribution in [0.3, 0.4) is 0 Å². The number of phenolic OH excluding ortho intramolecular Hbond substituents is 1. The lowest BCUT2D eigenvalue weighted by Crippen LogP contribution is -2.30. The summed E-state index contributed by atoms with van der Waals surface area (Å²) in [5.74, 6) is -1.26. The standard InChI is InChI=1S/C18H18ClNO4/c1-12-3-2-4-15(17(12)22)18(23)24-11-16(21)20-10-9-13-5-7-14(19)8-6-13/h2-8,22H,9-11H2,1H3,(H,20,21). The van der Waals surface area contributed by atoms with E-state index in [1.807, 2.05) is 12.1 Å². The molecule has 2 N–H and O–H groups in total. The molecule has 0 unspecified atom stereocenters. The molecule has 0 atom stereocenters. The van der Waals surface area contributed by atoms with Crippen molar-refractivity contribution in [2.75, 3.05) is 13.2 Å². The van der Waals surface area contributed by atoms with Gasteiger partial charge in [0.1, 0.15) is 11.3 Å². The third-order valence-electron chi connectivity index (χ3n) is 3.44. The van der Waals surface area contributed by atoms with Gasteiger partial charge in [0, 0.05) is 11.6 Å². The Labute approximate surface area is 145 Å². The first kappa shape index (κ1) is 17.8. The lowest BCUT2D eigenvalue weighted by atomic mass is 10.1. The van der Waals surface area contributed by atoms with Crippen LogP contribution in [0.4, 0.5) is 0 Å². The van der Waals surface area contributed by atoms with Crippen LogP contribution in [0.15, 0.2) is 42.5 Å². The van der Waals surface area contributed by atoms with Crippen LogP contribution in [0.2, 0.25) is 5.02 Å². The van der Waals surface area contributed by atoms with E-state index in [0.717, 1.165) is 5.56 Å². The van der Waals surface area contributed by atoms with Crippen LogP contribution in [0, 0.1) is 6.92 Å². The number of benzene rings is 2. The Bertz CT molecular complexity index is 728. The van der Waals surface area contributed by atoms with E-state index in [-0.39, 0.29) is 11.3 Å². The quantitative estimate of drug-likeness (QED) is 0.788. The maximum Gasteiger partial charge on any atom is 0.342 e. The third kappa shape index (κ3) is 4.99. The van der Waals surface area contributed by atoms with Gasteiger partial charge < -0.3 is 15.2 Å². The highest BCUT2D eigenvalue weighted by Crippen LogP contribution is 2.21. The van der Waals surface area contributed by atoms with Crippen LogP contribution >= 0.6 is 11.6 Å². The summed E-state index contributed by atoms with van der Waals surface area (Å²) in [6.45, 7) is 1.70. The normalized spacial score (nSPS) is 10.2. The van der Waals surface area contributed by atoms with Crippen molar-refractivity contribution < 1.29 is 19.4 Å². The summed E-state index contributed by atoms with van der Waals surface area (Å²) in [6.07, 6.45) is 0.648. The number of hydrogen-bond donors (Lipinski definition) is 2. The number of aryl methyl sites for hydroxylation is 1. The fraction of sp³-hybridized carbons (Fsp3) is 0.222. The summed E-state index contributed by atoms with van der Waals surface area (Å²) in [6, 6.07) is 12.1. The van der Waals surface area contributed by atoms with E-state index < -0.39 is 18.5 Å². The molecule has 0 aliphatic carbocycles. The number of ether oxygens (including phenoxy) is 1. The third-order valence-corrected chi connectivity index (χ3v) is 3.69. The van der Waals surface area contributed by atoms with Gasteiger partial charge in [0.2, 0.25) is 0 Å². The fourth-order valence-electron chi connectivity index (χ4n) is 2.08. The number of halogens is 1. The molecule has 1 amide bonds. The van der Waals surface area contributed by atoms with Gasteiger partial charge in [-0.05, 0) is 42.7 Å². The molecular weight excluding hydrogens is 330 g/mol. The highest BCUT2D eigenvalue weighted by Gasteiger charge is 2.15. The minimum Gasteiger partial charge on any atom is -0.507 e. The molecule has 0 heterocycles. The van der Waals surface area contributed by atoms with Gasteiger partial charge in [-0.25, -0.2) is 4.79 Å². The van der Waals surface area contributed by atoms with Crippen LogP contribution in [0.25, 0.3) is 0 Å². The van der Waals surface area contributed by atoms with E-state index in [0.29, 0.717) is 23.6 Å². The zero-order chi connectivity index (χ0) is 17.5. The molecule has 0 aromatic heterocycles. The molecule has 0 aliphatic heterocycles. The highest BCUT2D eigenvalue weighted by atomic mass is 35.5. The Kier molecular flexibility index (Phi) is 6.21. The SMILES string of the molecule is Cc1cccc(C(=O)OCC(=O)NCCc2ccc(Cl)cc2)c1O. The second kappa shape index (κ2) is 8.36. The maximum absolute atomic E-state index is 11.9. The van der Waals surface area contributed by atoms with E-state index in [2.05, 4.69) is 5.32 Å². The van der Waals surface area contributed by atoms with Gasteiger partial charge in [0.05, 0.1) is 0 Å². The fourth-order valence-corrected chi connectivity index (χ4v) is 2.21. The van der Waals surface area contributed by atoms with Gasteiger partial charge in [-0.15, -0.1) is 0 Å². The molecule has 2 aromatic carbocycles. The minimum absolute atomic E-state index is 0.0453. The molecule has 2 rings (SSSR count). The molecule has 5 nitrogen and oxygen atoms in total. The first-order valence-electron chi connectivity index (χ1n) is 7.44. The molecule has 0 saturated heterocycles. The summed E-state index contributed by atoms with van der Waals surface area (Å²) in [5.41, 5.74) is 1.65. The van der Waals surface area contributed by atoms with Gasteiger partial charge in [-0.3, -0.25) is 4.79 Å². The summed E-state index contributed by atoms with van der Waals surface area (Å²) in [7, 11) is 0. The predicted octanol–water partition coefficient (Wildman–Crippen LogP) is 2.87. The Morgan fingerprint density at radius 2 is 1.88 bits per heavy atom. The Hall–Kier alpha value is -2.53. The molecular formula is C18H18ClNO4. The molecule has 0 saturated carbocycles. The number of carbonyl (C=O) groups is 2. The highest BCUT2D eigenvalue weighted by molar-refractivity contribution is 6.30. The average Bonchev–Trinajstić information content (AvgIpc) is 2.57. The lowest BCUT2D eigenvalue weighted by Gasteiger charge is -2.08. The van der Waals surface area contributed by atoms with E-state index in [1.165, 1.54) is 6.07 Å². The van der Waals surface area contributed by atoms with Gasteiger partial charge >= 0.3 is 5.97 Å². The maximum atomic E-state index is 11.9. The van der Waals surface area contributed by atoms with E-state index >= 15 is 0 Å². The van der Waals surface area contributed by atoms with E-state index in [4.69, 9.17) is 16.3 Å². The molecule has 0 aliphatic rings. The molecule has 6 heteroatoms. The number of rotatable bonds is 6. The number of para-hydroxylation sites is 1. The number of phenols is 1. The molecule has 0 bridgehead atoms. The summed E-state index contributed by atoms with van der Waals surface area (Å²) in [4.78, 5) is 23.6. The van der Waals surface area contributed by atoms with Gasteiger partial charge in [-0.2, -0.15) is 0 Å². The molecule has 24 heavy (non-hydrogen) atoms. The number of hydrogen-bond acceptors (Lipinski definition) is 4. The zero-order valence-corrected chi connectivity index (χ0v) is 14.0. The minimum atomic E-state index is -0.732. The topological polar surface area (TPSA) is 75.6 Å². The number of amides is 1. The van der Waals surface area contributed by atoms with Crippen LogP contribution in [0.5, 0.6) is 5.75 Å². The van der Waals surface area contributed by atoms with Crippen molar-refractivity contribution in [3.8, 4) is 5.75 Å².